The standard InChI is InChI=1S/C58H40N2/c1-3-13-41(14-4-1)25-26-42-27-31-48(32-28-42)59(47-19-5-2-6-20-47)49-33-35-50(36-34-49)60-57-37-29-45(53-23-11-17-43-15-7-9-21-51(43)53)39-55(57)56-40-46(30-38-58(56)60)54-24-12-18-44-16-8-10-22-52(44)54/h1-40H/b26-25+. The van der Waals surface area contributed by atoms with Crippen molar-refractivity contribution in [2.75, 3.05) is 4.90 Å². The molecule has 0 saturated heterocycles. The van der Waals surface area contributed by atoms with Crippen molar-refractivity contribution in [3.63, 3.8) is 0 Å². The quantitative estimate of drug-likeness (QED) is 0.140. The minimum Gasteiger partial charge on any atom is -0.311 e. The first-order valence-electron chi connectivity index (χ1n) is 20.6. The maximum Gasteiger partial charge on any atom is 0.0541 e. The molecule has 60 heavy (non-hydrogen) atoms. The summed E-state index contributed by atoms with van der Waals surface area (Å²) in [5, 5.41) is 7.48. The molecular weight excluding hydrogens is 725 g/mol. The van der Waals surface area contributed by atoms with E-state index in [4.69, 9.17) is 0 Å². The van der Waals surface area contributed by atoms with Crippen LogP contribution in [0.5, 0.6) is 0 Å². The van der Waals surface area contributed by atoms with Crippen LogP contribution in [0.2, 0.25) is 0 Å². The molecule has 0 fully saturated rings. The van der Waals surface area contributed by atoms with Crippen LogP contribution in [0.25, 0.3) is 83.4 Å². The number of hydrogen-bond acceptors (Lipinski definition) is 1. The number of benzene rings is 10. The topological polar surface area (TPSA) is 8.17 Å². The second-order valence-corrected chi connectivity index (χ2v) is 15.4. The van der Waals surface area contributed by atoms with Crippen molar-refractivity contribution >= 4 is 72.6 Å². The van der Waals surface area contributed by atoms with Crippen LogP contribution in [0.1, 0.15) is 11.1 Å². The van der Waals surface area contributed by atoms with Gasteiger partial charge in [0.25, 0.3) is 0 Å². The van der Waals surface area contributed by atoms with E-state index in [9.17, 15) is 0 Å². The number of nitrogens with zero attached hydrogens (tertiary/aromatic N) is 2. The molecule has 0 bridgehead atoms. The van der Waals surface area contributed by atoms with Gasteiger partial charge in [0, 0.05) is 33.5 Å². The Morgan fingerprint density at radius 3 is 1.30 bits per heavy atom. The van der Waals surface area contributed by atoms with Crippen LogP contribution in [-0.2, 0) is 0 Å². The Hall–Kier alpha value is -7.94. The normalized spacial score (nSPS) is 11.6. The van der Waals surface area contributed by atoms with Gasteiger partial charge in [-0.25, -0.2) is 0 Å². The van der Waals surface area contributed by atoms with Crippen LogP contribution in [0.15, 0.2) is 231 Å². The molecule has 0 radical (unpaired) electrons. The molecule has 0 saturated carbocycles. The molecule has 0 N–H and O–H groups in total. The average molecular weight is 765 g/mol. The van der Waals surface area contributed by atoms with Gasteiger partial charge in [0.2, 0.25) is 0 Å². The van der Waals surface area contributed by atoms with Gasteiger partial charge in [-0.15, -0.1) is 0 Å². The van der Waals surface area contributed by atoms with E-state index in [-0.39, 0.29) is 0 Å². The smallest absolute Gasteiger partial charge is 0.0541 e. The molecule has 10 aromatic carbocycles. The molecule has 282 valence electrons. The highest BCUT2D eigenvalue weighted by molar-refractivity contribution is 6.13. The summed E-state index contributed by atoms with van der Waals surface area (Å²) < 4.78 is 2.43. The van der Waals surface area contributed by atoms with Crippen LogP contribution in [0, 0.1) is 0 Å². The van der Waals surface area contributed by atoms with Crippen molar-refractivity contribution < 1.29 is 0 Å². The first kappa shape index (κ1) is 35.2. The molecule has 0 aliphatic carbocycles. The second-order valence-electron chi connectivity index (χ2n) is 15.4. The van der Waals surface area contributed by atoms with E-state index in [1.165, 1.54) is 71.2 Å². The number of anilines is 3. The summed E-state index contributed by atoms with van der Waals surface area (Å²) in [7, 11) is 0. The first-order chi connectivity index (χ1) is 29.7. The van der Waals surface area contributed by atoms with Gasteiger partial charge in [-0.1, -0.05) is 170 Å². The fourth-order valence-corrected chi connectivity index (χ4v) is 8.86. The van der Waals surface area contributed by atoms with E-state index in [2.05, 4.69) is 246 Å². The van der Waals surface area contributed by atoms with E-state index in [1.807, 2.05) is 6.07 Å². The van der Waals surface area contributed by atoms with Crippen molar-refractivity contribution in [3.8, 4) is 27.9 Å². The summed E-state index contributed by atoms with van der Waals surface area (Å²) >= 11 is 0. The number of para-hydroxylation sites is 1. The lowest BCUT2D eigenvalue weighted by atomic mass is 9.95. The Balaban J connectivity index is 1.03. The van der Waals surface area contributed by atoms with Gasteiger partial charge in [-0.05, 0) is 128 Å². The number of hydrogen-bond donors (Lipinski definition) is 0. The summed E-state index contributed by atoms with van der Waals surface area (Å²) in [5.74, 6) is 0. The van der Waals surface area contributed by atoms with E-state index in [1.54, 1.807) is 0 Å². The summed E-state index contributed by atoms with van der Waals surface area (Å²) in [6, 6.07) is 83.4. The first-order valence-corrected chi connectivity index (χ1v) is 20.6. The monoisotopic (exact) mass is 764 g/mol. The fourth-order valence-electron chi connectivity index (χ4n) is 8.86. The second kappa shape index (κ2) is 15.1. The minimum atomic E-state index is 1.09. The Morgan fingerprint density at radius 2 is 0.750 bits per heavy atom. The molecule has 0 amide bonds. The third-order valence-electron chi connectivity index (χ3n) is 11.8. The van der Waals surface area contributed by atoms with Crippen molar-refractivity contribution in [3.05, 3.63) is 242 Å². The van der Waals surface area contributed by atoms with Crippen molar-refractivity contribution in [1.29, 1.82) is 0 Å². The molecule has 11 aromatic rings. The Labute approximate surface area is 350 Å². The molecule has 11 rings (SSSR count). The lowest BCUT2D eigenvalue weighted by Crippen LogP contribution is -2.10. The van der Waals surface area contributed by atoms with Gasteiger partial charge in [0.15, 0.2) is 0 Å². The molecule has 0 aliphatic rings. The number of aromatic nitrogens is 1. The molecule has 0 spiro atoms. The maximum absolute atomic E-state index is 2.43. The Morgan fingerprint density at radius 1 is 0.317 bits per heavy atom. The van der Waals surface area contributed by atoms with Crippen molar-refractivity contribution in [2.24, 2.45) is 0 Å². The summed E-state index contributed by atoms with van der Waals surface area (Å²) in [6.45, 7) is 0. The van der Waals surface area contributed by atoms with Crippen LogP contribution in [-0.4, -0.2) is 4.57 Å². The number of rotatable bonds is 8. The van der Waals surface area contributed by atoms with Crippen molar-refractivity contribution in [1.82, 2.24) is 4.57 Å². The zero-order valence-corrected chi connectivity index (χ0v) is 33.0. The summed E-state index contributed by atoms with van der Waals surface area (Å²) in [4.78, 5) is 2.33. The Kier molecular flexibility index (Phi) is 8.87. The summed E-state index contributed by atoms with van der Waals surface area (Å²) in [5.41, 5.74) is 14.0. The third kappa shape index (κ3) is 6.41. The van der Waals surface area contributed by atoms with E-state index < -0.39 is 0 Å². The SMILES string of the molecule is C(=C\c1ccc(N(c2ccccc2)c2ccc(-n3c4ccc(-c5cccc6ccccc56)cc4c4cc(-c5cccc6ccccc56)ccc43)cc2)cc1)/c1ccccc1. The average Bonchev–Trinajstić information content (AvgIpc) is 3.65. The van der Waals surface area contributed by atoms with Crippen LogP contribution in [0.4, 0.5) is 17.1 Å². The van der Waals surface area contributed by atoms with Gasteiger partial charge in [0.05, 0.1) is 11.0 Å². The van der Waals surface area contributed by atoms with Gasteiger partial charge >= 0.3 is 0 Å². The third-order valence-corrected chi connectivity index (χ3v) is 11.8. The molecule has 0 atom stereocenters. The van der Waals surface area contributed by atoms with E-state index in [0.29, 0.717) is 0 Å². The minimum absolute atomic E-state index is 1.09. The molecule has 2 nitrogen and oxygen atoms in total. The van der Waals surface area contributed by atoms with Gasteiger partial charge in [0.1, 0.15) is 0 Å². The molecule has 0 aliphatic heterocycles. The molecule has 1 aromatic heterocycles. The molecule has 0 unspecified atom stereocenters. The highest BCUT2D eigenvalue weighted by atomic mass is 15.1. The van der Waals surface area contributed by atoms with Crippen LogP contribution < -0.4 is 4.90 Å². The van der Waals surface area contributed by atoms with E-state index in [0.717, 1.165) is 28.3 Å². The zero-order valence-electron chi connectivity index (χ0n) is 33.0. The lowest BCUT2D eigenvalue weighted by Gasteiger charge is -2.26. The highest BCUT2D eigenvalue weighted by Gasteiger charge is 2.18. The predicted molar refractivity (Wildman–Crippen MR) is 257 cm³/mol. The summed E-state index contributed by atoms with van der Waals surface area (Å²) in [6.07, 6.45) is 4.33. The van der Waals surface area contributed by atoms with Gasteiger partial charge in [-0.3, -0.25) is 0 Å². The Bertz CT molecular complexity index is 3190. The van der Waals surface area contributed by atoms with Gasteiger partial charge < -0.3 is 9.47 Å². The van der Waals surface area contributed by atoms with Gasteiger partial charge in [-0.2, -0.15) is 0 Å². The largest absolute Gasteiger partial charge is 0.311 e. The van der Waals surface area contributed by atoms with Crippen molar-refractivity contribution in [2.45, 2.75) is 0 Å². The highest BCUT2D eigenvalue weighted by Crippen LogP contribution is 2.41. The number of fused-ring (bicyclic) bond motifs is 5. The fraction of sp³-hybridized carbons (Fsp3) is 0. The van der Waals surface area contributed by atoms with Crippen LogP contribution >= 0.6 is 0 Å². The molecule has 1 heterocycles. The predicted octanol–water partition coefficient (Wildman–Crippen LogP) is 16.1. The zero-order chi connectivity index (χ0) is 39.8. The van der Waals surface area contributed by atoms with Crippen LogP contribution in [0.3, 0.4) is 0 Å². The lowest BCUT2D eigenvalue weighted by molar-refractivity contribution is 1.17. The molecule has 2 heteroatoms. The molecular formula is C58H40N2. The maximum atomic E-state index is 2.43. The van der Waals surface area contributed by atoms with E-state index >= 15 is 0 Å².